The number of carbonyl (C=O) groups is 2. The average Bonchev–Trinajstić information content (AvgIpc) is 2.59. The topological polar surface area (TPSA) is 67.9 Å². The molecule has 0 aromatic heterocycles. The Bertz CT molecular complexity index is 716. The van der Waals surface area contributed by atoms with Gasteiger partial charge in [0.2, 0.25) is 11.8 Å². The van der Waals surface area contributed by atoms with E-state index in [4.69, 9.17) is 9.47 Å². The highest BCUT2D eigenvalue weighted by Crippen LogP contribution is 2.38. The summed E-state index contributed by atoms with van der Waals surface area (Å²) in [6.45, 7) is 9.46. The van der Waals surface area contributed by atoms with Crippen LogP contribution >= 0.6 is 0 Å². The van der Waals surface area contributed by atoms with Crippen LogP contribution in [0.4, 0.5) is 5.69 Å². The van der Waals surface area contributed by atoms with Crippen molar-refractivity contribution >= 4 is 17.5 Å². The molecule has 0 radical (unpaired) electrons. The quantitative estimate of drug-likeness (QED) is 0.875. The van der Waals surface area contributed by atoms with Gasteiger partial charge in [-0.25, -0.2) is 0 Å². The van der Waals surface area contributed by atoms with E-state index in [9.17, 15) is 9.59 Å². The average molecular weight is 360 g/mol. The number of ether oxygens (including phenoxy) is 2. The number of anilines is 1. The summed E-state index contributed by atoms with van der Waals surface area (Å²) in [5.41, 5.74) is -0.615. The number of hydrogen-bond donors (Lipinski definition) is 1. The van der Waals surface area contributed by atoms with Gasteiger partial charge in [-0.2, -0.15) is 0 Å². The first-order valence-corrected chi connectivity index (χ1v) is 9.31. The third kappa shape index (κ3) is 3.24. The van der Waals surface area contributed by atoms with Crippen molar-refractivity contribution in [1.29, 1.82) is 0 Å². The summed E-state index contributed by atoms with van der Waals surface area (Å²) in [6.07, 6.45) is 2.41. The minimum absolute atomic E-state index is 0.0467. The van der Waals surface area contributed by atoms with Crippen LogP contribution in [0, 0.1) is 5.41 Å². The summed E-state index contributed by atoms with van der Waals surface area (Å²) in [4.78, 5) is 27.5. The van der Waals surface area contributed by atoms with Crippen molar-refractivity contribution in [1.82, 2.24) is 4.90 Å². The number of carbonyl (C=O) groups excluding carboxylic acids is 2. The molecule has 1 N–H and O–H groups in total. The number of nitrogens with zero attached hydrogens (tertiary/aromatic N) is 1. The molecule has 1 aromatic carbocycles. The van der Waals surface area contributed by atoms with Crippen molar-refractivity contribution in [3.05, 3.63) is 18.2 Å². The molecule has 3 rings (SSSR count). The minimum atomic E-state index is -0.810. The zero-order valence-electron chi connectivity index (χ0n) is 16.1. The van der Waals surface area contributed by atoms with Crippen LogP contribution in [0.3, 0.4) is 0 Å². The second-order valence-electron chi connectivity index (χ2n) is 7.93. The van der Waals surface area contributed by atoms with Crippen molar-refractivity contribution in [3.63, 3.8) is 0 Å². The number of likely N-dealkylation sites (tertiary alicyclic amines) is 1. The number of fused-ring (bicyclic) bond motifs is 1. The summed E-state index contributed by atoms with van der Waals surface area (Å²) in [7, 11) is 0. The highest BCUT2D eigenvalue weighted by Gasteiger charge is 2.52. The van der Waals surface area contributed by atoms with Gasteiger partial charge in [-0.3, -0.25) is 9.59 Å². The Balaban J connectivity index is 1.72. The molecule has 2 amide bonds. The van der Waals surface area contributed by atoms with Gasteiger partial charge >= 0.3 is 0 Å². The summed E-state index contributed by atoms with van der Waals surface area (Å²) in [6, 6.07) is 5.35. The lowest BCUT2D eigenvalue weighted by molar-refractivity contribution is -0.162. The largest absolute Gasteiger partial charge is 0.486 e. The fourth-order valence-electron chi connectivity index (χ4n) is 3.60. The van der Waals surface area contributed by atoms with Gasteiger partial charge in [0.15, 0.2) is 11.5 Å². The lowest BCUT2D eigenvalue weighted by Crippen LogP contribution is -2.68. The van der Waals surface area contributed by atoms with Gasteiger partial charge in [0.25, 0.3) is 0 Å². The van der Waals surface area contributed by atoms with Crippen LogP contribution < -0.4 is 14.8 Å². The summed E-state index contributed by atoms with van der Waals surface area (Å²) in [5.74, 6) is 1.19. The maximum Gasteiger partial charge on any atom is 0.250 e. The Labute approximate surface area is 154 Å². The molecule has 26 heavy (non-hydrogen) atoms. The van der Waals surface area contributed by atoms with Crippen molar-refractivity contribution in [2.24, 2.45) is 5.41 Å². The number of benzene rings is 1. The van der Waals surface area contributed by atoms with Crippen LogP contribution in [0.15, 0.2) is 18.2 Å². The summed E-state index contributed by atoms with van der Waals surface area (Å²) in [5, 5.41) is 2.93. The van der Waals surface area contributed by atoms with E-state index in [-0.39, 0.29) is 11.8 Å². The van der Waals surface area contributed by atoms with E-state index in [1.54, 1.807) is 23.1 Å². The van der Waals surface area contributed by atoms with E-state index in [0.29, 0.717) is 43.4 Å². The Morgan fingerprint density at radius 3 is 2.54 bits per heavy atom. The Kier molecular flexibility index (Phi) is 4.86. The normalized spacial score (nSPS) is 21.8. The molecular weight excluding hydrogens is 332 g/mol. The number of rotatable bonds is 5. The fraction of sp³-hybridized carbons (Fsp3) is 0.600. The van der Waals surface area contributed by atoms with Crippen LogP contribution in [0.5, 0.6) is 11.5 Å². The molecule has 1 fully saturated rings. The van der Waals surface area contributed by atoms with E-state index in [2.05, 4.69) is 12.2 Å². The number of nitrogens with one attached hydrogen (secondary N) is 1. The van der Waals surface area contributed by atoms with Crippen molar-refractivity contribution in [3.8, 4) is 11.5 Å². The minimum Gasteiger partial charge on any atom is -0.486 e. The maximum atomic E-state index is 12.9. The highest BCUT2D eigenvalue weighted by atomic mass is 16.6. The molecule has 0 spiro atoms. The molecule has 2 aliphatic rings. The van der Waals surface area contributed by atoms with Gasteiger partial charge < -0.3 is 19.7 Å². The van der Waals surface area contributed by atoms with E-state index < -0.39 is 11.0 Å². The molecule has 2 heterocycles. The number of amides is 2. The van der Waals surface area contributed by atoms with Crippen molar-refractivity contribution in [2.75, 3.05) is 25.1 Å². The molecule has 0 saturated carbocycles. The van der Waals surface area contributed by atoms with Crippen LogP contribution in [0.2, 0.25) is 0 Å². The smallest absolute Gasteiger partial charge is 0.250 e. The highest BCUT2D eigenvalue weighted by molar-refractivity contribution is 6.02. The first kappa shape index (κ1) is 18.5. The molecule has 1 unspecified atom stereocenters. The van der Waals surface area contributed by atoms with Crippen LogP contribution in [-0.4, -0.2) is 42.0 Å². The van der Waals surface area contributed by atoms with Gasteiger partial charge in [0.1, 0.15) is 18.8 Å². The molecule has 2 aliphatic heterocycles. The van der Waals surface area contributed by atoms with Gasteiger partial charge in [-0.1, -0.05) is 27.2 Å². The molecule has 0 bridgehead atoms. The monoisotopic (exact) mass is 360 g/mol. The maximum absolute atomic E-state index is 12.9. The predicted molar refractivity (Wildman–Crippen MR) is 99.5 cm³/mol. The van der Waals surface area contributed by atoms with Crippen LogP contribution in [-0.2, 0) is 9.59 Å². The van der Waals surface area contributed by atoms with Gasteiger partial charge in [-0.05, 0) is 31.9 Å². The summed E-state index contributed by atoms with van der Waals surface area (Å²) >= 11 is 0. The summed E-state index contributed by atoms with van der Waals surface area (Å²) < 4.78 is 11.1. The molecule has 6 nitrogen and oxygen atoms in total. The van der Waals surface area contributed by atoms with E-state index in [0.717, 1.165) is 12.8 Å². The first-order valence-electron chi connectivity index (χ1n) is 9.31. The lowest BCUT2D eigenvalue weighted by atomic mass is 9.79. The van der Waals surface area contributed by atoms with Crippen molar-refractivity contribution in [2.45, 2.75) is 52.5 Å². The second kappa shape index (κ2) is 6.82. The molecular formula is C20H28N2O4. The SMILES string of the molecule is CCCC(C)(C)C(=O)N1CCC1(C)C(=O)Nc1ccc2c(c1)OCCO2. The zero-order chi connectivity index (χ0) is 18.9. The van der Waals surface area contributed by atoms with E-state index in [1.807, 2.05) is 20.8 Å². The third-order valence-electron chi connectivity index (χ3n) is 5.41. The zero-order valence-corrected chi connectivity index (χ0v) is 16.1. The molecule has 1 aromatic rings. The van der Waals surface area contributed by atoms with E-state index >= 15 is 0 Å². The second-order valence-corrected chi connectivity index (χ2v) is 7.93. The Morgan fingerprint density at radius 1 is 1.23 bits per heavy atom. The van der Waals surface area contributed by atoms with Gasteiger partial charge in [0.05, 0.1) is 0 Å². The molecule has 6 heteroatoms. The Hall–Kier alpha value is -2.24. The lowest BCUT2D eigenvalue weighted by Gasteiger charge is -2.51. The molecule has 142 valence electrons. The van der Waals surface area contributed by atoms with E-state index in [1.165, 1.54) is 0 Å². The van der Waals surface area contributed by atoms with Crippen molar-refractivity contribution < 1.29 is 19.1 Å². The molecule has 1 saturated heterocycles. The van der Waals surface area contributed by atoms with Crippen LogP contribution in [0.25, 0.3) is 0 Å². The van der Waals surface area contributed by atoms with Crippen LogP contribution in [0.1, 0.15) is 47.0 Å². The Morgan fingerprint density at radius 2 is 1.92 bits per heavy atom. The van der Waals surface area contributed by atoms with Gasteiger partial charge in [-0.15, -0.1) is 0 Å². The van der Waals surface area contributed by atoms with Gasteiger partial charge in [0, 0.05) is 23.7 Å². The molecule has 1 atom stereocenters. The third-order valence-corrected chi connectivity index (χ3v) is 5.41. The fourth-order valence-corrected chi connectivity index (χ4v) is 3.60. The first-order chi connectivity index (χ1) is 12.3. The number of hydrogen-bond acceptors (Lipinski definition) is 4. The predicted octanol–water partition coefficient (Wildman–Crippen LogP) is 3.21. The molecule has 0 aliphatic carbocycles. The standard InChI is InChI=1S/C20H28N2O4/c1-5-8-19(2,3)18(24)22-10-9-20(22,4)17(23)21-14-6-7-15-16(13-14)26-12-11-25-15/h6-7,13H,5,8-12H2,1-4H3,(H,21,23).